The summed E-state index contributed by atoms with van der Waals surface area (Å²) in [6, 6.07) is 9.55. The molecule has 0 aliphatic rings. The molecule has 1 unspecified atom stereocenters. The van der Waals surface area contributed by atoms with Gasteiger partial charge in [-0.1, -0.05) is 49.3 Å². The molecule has 0 amide bonds. The quantitative estimate of drug-likeness (QED) is 0.878. The summed E-state index contributed by atoms with van der Waals surface area (Å²) >= 11 is 0. The van der Waals surface area contributed by atoms with Gasteiger partial charge in [-0.2, -0.15) is 4.98 Å². The fourth-order valence-electron chi connectivity index (χ4n) is 1.70. The van der Waals surface area contributed by atoms with Crippen molar-refractivity contribution in [2.75, 3.05) is 0 Å². The van der Waals surface area contributed by atoms with Gasteiger partial charge in [0.25, 0.3) is 0 Å². The van der Waals surface area contributed by atoms with E-state index < -0.39 is 0 Å². The molecule has 2 N–H and O–H groups in total. The SMILES string of the molecule is CC(C)CC(N)c1nc(-c2ccccc2)no1. The van der Waals surface area contributed by atoms with Crippen LogP contribution in [0.4, 0.5) is 0 Å². The van der Waals surface area contributed by atoms with Gasteiger partial charge in [0.1, 0.15) is 0 Å². The van der Waals surface area contributed by atoms with Crippen LogP contribution in [0, 0.1) is 5.92 Å². The van der Waals surface area contributed by atoms with Crippen LogP contribution in [0.1, 0.15) is 32.2 Å². The first-order chi connectivity index (χ1) is 8.16. The van der Waals surface area contributed by atoms with Crippen LogP contribution in [0.5, 0.6) is 0 Å². The Morgan fingerprint density at radius 3 is 2.59 bits per heavy atom. The van der Waals surface area contributed by atoms with Crippen molar-refractivity contribution >= 4 is 0 Å². The maximum Gasteiger partial charge on any atom is 0.243 e. The first-order valence-corrected chi connectivity index (χ1v) is 5.81. The molecule has 0 aliphatic carbocycles. The molecule has 1 atom stereocenters. The van der Waals surface area contributed by atoms with Crippen molar-refractivity contribution in [1.29, 1.82) is 0 Å². The Labute approximate surface area is 101 Å². The summed E-state index contributed by atoms with van der Waals surface area (Å²) in [5, 5.41) is 3.95. The zero-order chi connectivity index (χ0) is 12.3. The Balaban J connectivity index is 2.16. The predicted molar refractivity (Wildman–Crippen MR) is 66.1 cm³/mol. The minimum Gasteiger partial charge on any atom is -0.337 e. The minimum atomic E-state index is -0.181. The number of hydrogen-bond acceptors (Lipinski definition) is 4. The van der Waals surface area contributed by atoms with E-state index in [1.807, 2.05) is 30.3 Å². The lowest BCUT2D eigenvalue weighted by Gasteiger charge is -2.08. The van der Waals surface area contributed by atoms with Gasteiger partial charge in [-0.3, -0.25) is 0 Å². The highest BCUT2D eigenvalue weighted by Crippen LogP contribution is 2.20. The average Bonchev–Trinajstić information content (AvgIpc) is 2.78. The topological polar surface area (TPSA) is 64.9 Å². The highest BCUT2D eigenvalue weighted by Gasteiger charge is 2.16. The summed E-state index contributed by atoms with van der Waals surface area (Å²) in [5.74, 6) is 1.62. The van der Waals surface area contributed by atoms with Gasteiger partial charge in [-0.25, -0.2) is 0 Å². The summed E-state index contributed by atoms with van der Waals surface area (Å²) < 4.78 is 5.20. The molecule has 0 saturated carbocycles. The van der Waals surface area contributed by atoms with Crippen LogP contribution in [0.25, 0.3) is 11.4 Å². The Morgan fingerprint density at radius 2 is 1.94 bits per heavy atom. The van der Waals surface area contributed by atoms with Crippen LogP contribution in [0.15, 0.2) is 34.9 Å². The van der Waals surface area contributed by atoms with E-state index in [2.05, 4.69) is 24.0 Å². The summed E-state index contributed by atoms with van der Waals surface area (Å²) in [7, 11) is 0. The number of benzene rings is 1. The van der Waals surface area contributed by atoms with Gasteiger partial charge < -0.3 is 10.3 Å². The molecule has 1 aromatic heterocycles. The molecule has 1 heterocycles. The van der Waals surface area contributed by atoms with Crippen molar-refractivity contribution in [1.82, 2.24) is 10.1 Å². The fraction of sp³-hybridized carbons (Fsp3) is 0.385. The second-order valence-electron chi connectivity index (χ2n) is 4.56. The molecule has 0 aliphatic heterocycles. The van der Waals surface area contributed by atoms with E-state index in [1.54, 1.807) is 0 Å². The van der Waals surface area contributed by atoms with Crippen LogP contribution < -0.4 is 5.73 Å². The Kier molecular flexibility index (Phi) is 3.54. The van der Waals surface area contributed by atoms with Crippen molar-refractivity contribution in [3.8, 4) is 11.4 Å². The molecule has 0 spiro atoms. The second kappa shape index (κ2) is 5.10. The molecule has 0 saturated heterocycles. The van der Waals surface area contributed by atoms with Crippen LogP contribution in [0.3, 0.4) is 0 Å². The molecule has 1 aromatic carbocycles. The van der Waals surface area contributed by atoms with E-state index >= 15 is 0 Å². The van der Waals surface area contributed by atoms with Crippen molar-refractivity contribution in [2.24, 2.45) is 11.7 Å². The lowest BCUT2D eigenvalue weighted by molar-refractivity contribution is 0.335. The minimum absolute atomic E-state index is 0.181. The molecule has 4 heteroatoms. The number of nitrogens with two attached hydrogens (primary N) is 1. The Morgan fingerprint density at radius 1 is 1.24 bits per heavy atom. The van der Waals surface area contributed by atoms with E-state index in [0.717, 1.165) is 12.0 Å². The molecule has 0 radical (unpaired) electrons. The molecule has 0 fully saturated rings. The third-order valence-electron chi connectivity index (χ3n) is 2.52. The van der Waals surface area contributed by atoms with Crippen molar-refractivity contribution < 1.29 is 4.52 Å². The number of hydrogen-bond donors (Lipinski definition) is 1. The maximum absolute atomic E-state index is 5.99. The van der Waals surface area contributed by atoms with Gasteiger partial charge in [0, 0.05) is 5.56 Å². The highest BCUT2D eigenvalue weighted by atomic mass is 16.5. The van der Waals surface area contributed by atoms with Gasteiger partial charge >= 0.3 is 0 Å². The maximum atomic E-state index is 5.99. The number of nitrogens with zero attached hydrogens (tertiary/aromatic N) is 2. The van der Waals surface area contributed by atoms with Crippen LogP contribution >= 0.6 is 0 Å². The van der Waals surface area contributed by atoms with E-state index in [4.69, 9.17) is 10.3 Å². The summed E-state index contributed by atoms with van der Waals surface area (Å²) in [4.78, 5) is 4.33. The number of rotatable bonds is 4. The fourth-order valence-corrected chi connectivity index (χ4v) is 1.70. The van der Waals surface area contributed by atoms with Crippen LogP contribution in [-0.2, 0) is 0 Å². The molecule has 17 heavy (non-hydrogen) atoms. The third-order valence-corrected chi connectivity index (χ3v) is 2.52. The molecule has 0 bridgehead atoms. The largest absolute Gasteiger partial charge is 0.337 e. The standard InChI is InChI=1S/C13H17N3O/c1-9(2)8-11(14)13-15-12(16-17-13)10-6-4-3-5-7-10/h3-7,9,11H,8,14H2,1-2H3. The number of aromatic nitrogens is 2. The average molecular weight is 231 g/mol. The molecule has 2 rings (SSSR count). The highest BCUT2D eigenvalue weighted by molar-refractivity contribution is 5.53. The molecule has 2 aromatic rings. The Bertz CT molecular complexity index is 465. The summed E-state index contributed by atoms with van der Waals surface area (Å²) in [5.41, 5.74) is 6.93. The normalized spacial score (nSPS) is 12.9. The molecular formula is C13H17N3O. The van der Waals surface area contributed by atoms with Crippen LogP contribution in [-0.4, -0.2) is 10.1 Å². The lowest BCUT2D eigenvalue weighted by atomic mass is 10.0. The van der Waals surface area contributed by atoms with Gasteiger partial charge in [0.2, 0.25) is 11.7 Å². The zero-order valence-electron chi connectivity index (χ0n) is 10.1. The van der Waals surface area contributed by atoms with Gasteiger partial charge in [-0.15, -0.1) is 0 Å². The van der Waals surface area contributed by atoms with E-state index in [9.17, 15) is 0 Å². The summed E-state index contributed by atoms with van der Waals surface area (Å²) in [6.45, 7) is 4.24. The van der Waals surface area contributed by atoms with Crippen molar-refractivity contribution in [3.05, 3.63) is 36.2 Å². The van der Waals surface area contributed by atoms with E-state index in [1.165, 1.54) is 0 Å². The van der Waals surface area contributed by atoms with E-state index in [0.29, 0.717) is 17.6 Å². The van der Waals surface area contributed by atoms with E-state index in [-0.39, 0.29) is 6.04 Å². The van der Waals surface area contributed by atoms with Crippen LogP contribution in [0.2, 0.25) is 0 Å². The van der Waals surface area contributed by atoms with Gasteiger partial charge in [-0.05, 0) is 12.3 Å². The summed E-state index contributed by atoms with van der Waals surface area (Å²) in [6.07, 6.45) is 0.844. The van der Waals surface area contributed by atoms with Gasteiger partial charge in [0.05, 0.1) is 6.04 Å². The monoisotopic (exact) mass is 231 g/mol. The zero-order valence-corrected chi connectivity index (χ0v) is 10.1. The smallest absolute Gasteiger partial charge is 0.243 e. The Hall–Kier alpha value is -1.68. The third kappa shape index (κ3) is 2.91. The second-order valence-corrected chi connectivity index (χ2v) is 4.56. The molecule has 90 valence electrons. The first-order valence-electron chi connectivity index (χ1n) is 5.81. The first kappa shape index (κ1) is 11.8. The lowest BCUT2D eigenvalue weighted by Crippen LogP contribution is -2.13. The van der Waals surface area contributed by atoms with Gasteiger partial charge in [0.15, 0.2) is 0 Å². The van der Waals surface area contributed by atoms with Crippen molar-refractivity contribution in [2.45, 2.75) is 26.3 Å². The molecule has 4 nitrogen and oxygen atoms in total. The van der Waals surface area contributed by atoms with Crippen molar-refractivity contribution in [3.63, 3.8) is 0 Å². The predicted octanol–water partition coefficient (Wildman–Crippen LogP) is 2.78. The molecular weight excluding hydrogens is 214 g/mol.